The van der Waals surface area contributed by atoms with Gasteiger partial charge >= 0.3 is 0 Å². The Morgan fingerprint density at radius 1 is 1.19 bits per heavy atom. The van der Waals surface area contributed by atoms with Crippen LogP contribution in [0.2, 0.25) is 0 Å². The van der Waals surface area contributed by atoms with E-state index in [0.29, 0.717) is 0 Å². The summed E-state index contributed by atoms with van der Waals surface area (Å²) in [5.41, 5.74) is 9.93. The predicted octanol–water partition coefficient (Wildman–Crippen LogP) is 3.84. The fourth-order valence-corrected chi connectivity index (χ4v) is 3.53. The molecule has 21 heavy (non-hydrogen) atoms. The van der Waals surface area contributed by atoms with Gasteiger partial charge in [0.1, 0.15) is 11.3 Å². The van der Waals surface area contributed by atoms with Crippen LogP contribution in [0.15, 0.2) is 51.6 Å². The second-order valence-corrected chi connectivity index (χ2v) is 6.37. The number of ketones is 1. The molecular formula is C18H17NO2. The van der Waals surface area contributed by atoms with Crippen molar-refractivity contribution in [1.82, 2.24) is 0 Å². The largest absolute Gasteiger partial charge is 0.459 e. The van der Waals surface area contributed by atoms with Gasteiger partial charge in [0.15, 0.2) is 5.78 Å². The van der Waals surface area contributed by atoms with Crippen molar-refractivity contribution in [2.24, 2.45) is 5.73 Å². The number of carbonyl (C=O) groups is 1. The van der Waals surface area contributed by atoms with Gasteiger partial charge in [0.25, 0.3) is 0 Å². The van der Waals surface area contributed by atoms with Crippen LogP contribution in [-0.2, 0) is 5.41 Å². The van der Waals surface area contributed by atoms with E-state index >= 15 is 0 Å². The maximum Gasteiger partial charge on any atom is 0.193 e. The van der Waals surface area contributed by atoms with Gasteiger partial charge in [-0.1, -0.05) is 18.2 Å². The van der Waals surface area contributed by atoms with Crippen molar-refractivity contribution in [3.05, 3.63) is 58.5 Å². The molecule has 0 bridgehead atoms. The van der Waals surface area contributed by atoms with Crippen LogP contribution in [0.25, 0.3) is 11.0 Å². The highest BCUT2D eigenvalue weighted by Gasteiger charge is 2.43. The first kappa shape index (κ1) is 12.5. The molecule has 1 aromatic carbocycles. The number of carbonyl (C=O) groups excluding carboxylic acids is 1. The average Bonchev–Trinajstić information content (AvgIpc) is 2.86. The first-order valence-electron chi connectivity index (χ1n) is 7.26. The van der Waals surface area contributed by atoms with Crippen LogP contribution in [0.4, 0.5) is 0 Å². The third-order valence-corrected chi connectivity index (χ3v) is 4.66. The molecule has 0 fully saturated rings. The fraction of sp³-hybridized carbons (Fsp3) is 0.278. The van der Waals surface area contributed by atoms with Crippen molar-refractivity contribution in [2.75, 3.05) is 0 Å². The van der Waals surface area contributed by atoms with Crippen LogP contribution in [0.3, 0.4) is 0 Å². The van der Waals surface area contributed by atoms with E-state index in [-0.39, 0.29) is 11.2 Å². The number of Topliss-reactive ketones (excluding diaryl/α,β-unsaturated/α-hetero) is 1. The number of furan rings is 1. The summed E-state index contributed by atoms with van der Waals surface area (Å²) in [6.07, 6.45) is 3.44. The van der Waals surface area contributed by atoms with E-state index in [1.165, 1.54) is 0 Å². The van der Waals surface area contributed by atoms with Crippen molar-refractivity contribution in [3.63, 3.8) is 0 Å². The number of hydrogen-bond acceptors (Lipinski definition) is 3. The number of benzene rings is 1. The van der Waals surface area contributed by atoms with Crippen LogP contribution >= 0.6 is 0 Å². The summed E-state index contributed by atoms with van der Waals surface area (Å²) in [5.74, 6) is 0.867. The minimum Gasteiger partial charge on any atom is -0.459 e. The molecule has 0 atom stereocenters. The average molecular weight is 279 g/mol. The van der Waals surface area contributed by atoms with Crippen LogP contribution in [0.5, 0.6) is 0 Å². The molecule has 2 aromatic rings. The molecule has 0 amide bonds. The van der Waals surface area contributed by atoms with Crippen molar-refractivity contribution in [3.8, 4) is 0 Å². The highest BCUT2D eigenvalue weighted by atomic mass is 16.3. The van der Waals surface area contributed by atoms with Crippen molar-refractivity contribution in [1.29, 1.82) is 0 Å². The molecule has 0 unspecified atom stereocenters. The quantitative estimate of drug-likeness (QED) is 0.797. The van der Waals surface area contributed by atoms with Crippen LogP contribution in [0, 0.1) is 0 Å². The van der Waals surface area contributed by atoms with Gasteiger partial charge in [-0.3, -0.25) is 4.79 Å². The van der Waals surface area contributed by atoms with Crippen molar-refractivity contribution in [2.45, 2.75) is 32.1 Å². The molecule has 0 radical (unpaired) electrons. The molecule has 2 aliphatic carbocycles. The van der Waals surface area contributed by atoms with Gasteiger partial charge in [0.2, 0.25) is 0 Å². The van der Waals surface area contributed by atoms with E-state index in [0.717, 1.165) is 52.0 Å². The second-order valence-electron chi connectivity index (χ2n) is 6.37. The summed E-state index contributed by atoms with van der Waals surface area (Å²) in [5, 5.41) is 0.916. The topological polar surface area (TPSA) is 56.2 Å². The maximum absolute atomic E-state index is 12.9. The number of para-hydroxylation sites is 1. The Hall–Kier alpha value is -2.29. The van der Waals surface area contributed by atoms with Crippen molar-refractivity contribution >= 4 is 16.8 Å². The van der Waals surface area contributed by atoms with Gasteiger partial charge in [-0.25, -0.2) is 0 Å². The lowest BCUT2D eigenvalue weighted by Gasteiger charge is -2.34. The lowest BCUT2D eigenvalue weighted by Crippen LogP contribution is -2.31. The van der Waals surface area contributed by atoms with Gasteiger partial charge < -0.3 is 10.2 Å². The summed E-state index contributed by atoms with van der Waals surface area (Å²) in [7, 11) is 0. The van der Waals surface area contributed by atoms with Gasteiger partial charge in [0.05, 0.1) is 5.56 Å². The molecule has 3 heteroatoms. The fourth-order valence-electron chi connectivity index (χ4n) is 3.53. The lowest BCUT2D eigenvalue weighted by atomic mass is 9.69. The number of hydrogen-bond donors (Lipinski definition) is 1. The van der Waals surface area contributed by atoms with E-state index < -0.39 is 0 Å². The second kappa shape index (κ2) is 3.88. The zero-order valence-electron chi connectivity index (χ0n) is 12.2. The normalized spacial score (nSPS) is 20.3. The minimum atomic E-state index is -0.331. The highest BCUT2D eigenvalue weighted by Crippen LogP contribution is 2.47. The Kier molecular flexibility index (Phi) is 2.30. The Balaban J connectivity index is 2.08. The number of nitrogens with two attached hydrogens (primary N) is 1. The monoisotopic (exact) mass is 279 g/mol. The Morgan fingerprint density at radius 2 is 1.95 bits per heavy atom. The van der Waals surface area contributed by atoms with E-state index in [1.807, 2.05) is 30.3 Å². The van der Waals surface area contributed by atoms with E-state index in [4.69, 9.17) is 10.2 Å². The Morgan fingerprint density at radius 3 is 2.76 bits per heavy atom. The standard InChI is InChI=1S/C18H17NO2/c1-18(2)13-9-10(19)7-8-11(13)16(20)15-12-5-3-4-6-14(12)21-17(15)18/h3-6,9H,7-8,19H2,1-2H3. The molecule has 2 aliphatic rings. The first-order valence-corrected chi connectivity index (χ1v) is 7.26. The van der Waals surface area contributed by atoms with Gasteiger partial charge in [-0.2, -0.15) is 0 Å². The summed E-state index contributed by atoms with van der Waals surface area (Å²) in [6, 6.07) is 7.76. The third kappa shape index (κ3) is 1.52. The van der Waals surface area contributed by atoms with E-state index in [1.54, 1.807) is 0 Å². The molecular weight excluding hydrogens is 262 g/mol. The molecule has 0 saturated carbocycles. The zero-order chi connectivity index (χ0) is 14.8. The molecule has 2 N–H and O–H groups in total. The molecule has 1 heterocycles. The minimum absolute atomic E-state index is 0.105. The SMILES string of the molecule is CC1(C)C2=C(CCC(N)=C2)C(=O)c2c1oc1ccccc21. The summed E-state index contributed by atoms with van der Waals surface area (Å²) in [6.45, 7) is 4.20. The van der Waals surface area contributed by atoms with Crippen LogP contribution < -0.4 is 5.73 Å². The van der Waals surface area contributed by atoms with Gasteiger partial charge in [-0.15, -0.1) is 0 Å². The molecule has 4 rings (SSSR count). The van der Waals surface area contributed by atoms with Crippen molar-refractivity contribution < 1.29 is 9.21 Å². The first-order chi connectivity index (χ1) is 10.00. The molecule has 3 nitrogen and oxygen atoms in total. The van der Waals surface area contributed by atoms with Gasteiger partial charge in [0, 0.05) is 22.1 Å². The highest BCUT2D eigenvalue weighted by molar-refractivity contribution is 6.19. The molecule has 0 saturated heterocycles. The lowest BCUT2D eigenvalue weighted by molar-refractivity contribution is 0.102. The molecule has 1 aromatic heterocycles. The van der Waals surface area contributed by atoms with Gasteiger partial charge in [-0.05, 0) is 44.4 Å². The predicted molar refractivity (Wildman–Crippen MR) is 82.1 cm³/mol. The zero-order valence-corrected chi connectivity index (χ0v) is 12.2. The molecule has 0 spiro atoms. The van der Waals surface area contributed by atoms with Crippen LogP contribution in [0.1, 0.15) is 42.8 Å². The molecule has 0 aliphatic heterocycles. The Labute approximate surface area is 123 Å². The summed E-state index contributed by atoms with van der Waals surface area (Å²) >= 11 is 0. The number of fused-ring (bicyclic) bond motifs is 3. The van der Waals surface area contributed by atoms with E-state index in [9.17, 15) is 4.79 Å². The number of rotatable bonds is 0. The number of allylic oxidation sites excluding steroid dienone is 4. The smallest absolute Gasteiger partial charge is 0.193 e. The maximum atomic E-state index is 12.9. The third-order valence-electron chi connectivity index (χ3n) is 4.66. The van der Waals surface area contributed by atoms with Crippen LogP contribution in [-0.4, -0.2) is 5.78 Å². The molecule has 106 valence electrons. The Bertz CT molecular complexity index is 849. The van der Waals surface area contributed by atoms with E-state index in [2.05, 4.69) is 13.8 Å². The summed E-state index contributed by atoms with van der Waals surface area (Å²) in [4.78, 5) is 12.9. The summed E-state index contributed by atoms with van der Waals surface area (Å²) < 4.78 is 6.04.